The molecule has 0 spiro atoms. The summed E-state index contributed by atoms with van der Waals surface area (Å²) in [7, 11) is -5.35. The van der Waals surface area contributed by atoms with E-state index in [4.69, 9.17) is 4.55 Å². The molecule has 0 saturated heterocycles. The Morgan fingerprint density at radius 3 is 2.00 bits per heavy atom. The van der Waals surface area contributed by atoms with Gasteiger partial charge in [-0.15, -0.1) is 0 Å². The third-order valence-corrected chi connectivity index (χ3v) is 2.88. The molecule has 0 aromatic heterocycles. The molecule has 0 fully saturated rings. The zero-order valence-electron chi connectivity index (χ0n) is 10.3. The summed E-state index contributed by atoms with van der Waals surface area (Å²) in [6, 6.07) is 0. The highest BCUT2D eigenvalue weighted by Gasteiger charge is 2.65. The molecule has 122 valence electrons. The number of alkyl halides is 6. The first kappa shape index (κ1) is 19.4. The summed E-state index contributed by atoms with van der Waals surface area (Å²) >= 11 is 0. The van der Waals surface area contributed by atoms with Gasteiger partial charge in [0.1, 0.15) is 6.10 Å². The molecule has 0 aromatic carbocycles. The molecule has 11 heteroatoms. The Morgan fingerprint density at radius 2 is 1.65 bits per heavy atom. The molecule has 0 aromatic rings. The number of unbranched alkanes of at least 4 members (excludes halogenated alkanes) is 2. The van der Waals surface area contributed by atoms with E-state index in [2.05, 4.69) is 4.18 Å². The monoisotopic (exact) mass is 332 g/mol. The SMILES string of the molecule is CCCCCC(OS(=O)(=O)O)C(F)C(F)(F)C(F)(F)F. The maximum Gasteiger partial charge on any atom is 0.456 e. The second-order valence-corrected chi connectivity index (χ2v) is 5.13. The fourth-order valence-electron chi connectivity index (χ4n) is 1.38. The maximum atomic E-state index is 13.3. The Balaban J connectivity index is 5.10. The average molecular weight is 332 g/mol. The normalized spacial score (nSPS) is 17.0. The predicted molar refractivity (Wildman–Crippen MR) is 56.5 cm³/mol. The summed E-state index contributed by atoms with van der Waals surface area (Å²) in [4.78, 5) is 0. The highest BCUT2D eigenvalue weighted by Crippen LogP contribution is 2.42. The van der Waals surface area contributed by atoms with Crippen LogP contribution in [-0.4, -0.2) is 37.3 Å². The van der Waals surface area contributed by atoms with Crippen LogP contribution < -0.4 is 0 Å². The van der Waals surface area contributed by atoms with E-state index in [1.54, 1.807) is 6.92 Å². The van der Waals surface area contributed by atoms with Crippen molar-refractivity contribution in [2.24, 2.45) is 0 Å². The lowest BCUT2D eigenvalue weighted by atomic mass is 10.0. The van der Waals surface area contributed by atoms with Crippen LogP contribution in [0.4, 0.5) is 26.3 Å². The van der Waals surface area contributed by atoms with Gasteiger partial charge in [0.05, 0.1) is 0 Å². The van der Waals surface area contributed by atoms with E-state index in [1.165, 1.54) is 0 Å². The van der Waals surface area contributed by atoms with Crippen LogP contribution in [0.1, 0.15) is 32.6 Å². The van der Waals surface area contributed by atoms with E-state index in [0.29, 0.717) is 12.8 Å². The van der Waals surface area contributed by atoms with Gasteiger partial charge in [0.2, 0.25) is 6.17 Å². The fraction of sp³-hybridized carbons (Fsp3) is 1.00. The fourth-order valence-corrected chi connectivity index (χ4v) is 1.89. The number of hydrogen-bond acceptors (Lipinski definition) is 3. The Morgan fingerprint density at radius 1 is 1.15 bits per heavy atom. The predicted octanol–water partition coefficient (Wildman–Crippen LogP) is 3.29. The summed E-state index contributed by atoms with van der Waals surface area (Å²) in [6.45, 7) is 1.68. The van der Waals surface area contributed by atoms with E-state index in [1.807, 2.05) is 0 Å². The van der Waals surface area contributed by atoms with Gasteiger partial charge in [-0.05, 0) is 6.42 Å². The molecule has 2 unspecified atom stereocenters. The third kappa shape index (κ3) is 5.83. The van der Waals surface area contributed by atoms with Crippen LogP contribution in [-0.2, 0) is 14.6 Å². The lowest BCUT2D eigenvalue weighted by Crippen LogP contribution is -2.51. The van der Waals surface area contributed by atoms with E-state index in [9.17, 15) is 34.8 Å². The summed E-state index contributed by atoms with van der Waals surface area (Å²) in [5, 5.41) is 0. The Labute approximate surface area is 112 Å². The second kappa shape index (κ2) is 6.94. The highest BCUT2D eigenvalue weighted by molar-refractivity contribution is 7.80. The Hall–Kier alpha value is -0.550. The molecule has 4 nitrogen and oxygen atoms in total. The standard InChI is InChI=1S/C9H14F6O4S/c1-2-3-4-5-6(19-20(16,17)18)7(10)8(11,12)9(13,14)15/h6-7H,2-5H2,1H3,(H,16,17,18). The van der Waals surface area contributed by atoms with Gasteiger partial charge in [-0.2, -0.15) is 30.4 Å². The molecular weight excluding hydrogens is 318 g/mol. The minimum absolute atomic E-state index is 0.0367. The van der Waals surface area contributed by atoms with Gasteiger partial charge in [0.25, 0.3) is 0 Å². The van der Waals surface area contributed by atoms with Crippen molar-refractivity contribution in [2.75, 3.05) is 0 Å². The molecule has 1 N–H and O–H groups in total. The van der Waals surface area contributed by atoms with Crippen LogP contribution in [0.5, 0.6) is 0 Å². The lowest BCUT2D eigenvalue weighted by molar-refractivity contribution is -0.311. The first-order valence-corrected chi connectivity index (χ1v) is 6.93. The maximum absolute atomic E-state index is 13.3. The molecule has 0 aliphatic rings. The van der Waals surface area contributed by atoms with Gasteiger partial charge in [-0.25, -0.2) is 8.57 Å². The molecule has 0 rings (SSSR count). The minimum atomic E-state index is -6.20. The summed E-state index contributed by atoms with van der Waals surface area (Å²) in [5.74, 6) is -5.78. The van der Waals surface area contributed by atoms with Crippen LogP contribution >= 0.6 is 0 Å². The van der Waals surface area contributed by atoms with Crippen LogP contribution in [0.3, 0.4) is 0 Å². The quantitative estimate of drug-likeness (QED) is 0.421. The van der Waals surface area contributed by atoms with Gasteiger partial charge in [0.15, 0.2) is 0 Å². The van der Waals surface area contributed by atoms with Crippen LogP contribution in [0.15, 0.2) is 0 Å². The van der Waals surface area contributed by atoms with Crippen molar-refractivity contribution >= 4 is 10.4 Å². The summed E-state index contributed by atoms with van der Waals surface area (Å²) in [5.41, 5.74) is 0. The average Bonchev–Trinajstić information content (AvgIpc) is 2.23. The van der Waals surface area contributed by atoms with Gasteiger partial charge < -0.3 is 0 Å². The highest BCUT2D eigenvalue weighted by atomic mass is 32.3. The van der Waals surface area contributed by atoms with Crippen molar-refractivity contribution in [1.82, 2.24) is 0 Å². The van der Waals surface area contributed by atoms with Crippen molar-refractivity contribution in [1.29, 1.82) is 0 Å². The smallest absolute Gasteiger partial charge is 0.264 e. The van der Waals surface area contributed by atoms with E-state index in [-0.39, 0.29) is 6.42 Å². The zero-order chi connectivity index (χ0) is 16.2. The van der Waals surface area contributed by atoms with E-state index in [0.717, 1.165) is 0 Å². The van der Waals surface area contributed by atoms with Crippen molar-refractivity contribution in [2.45, 2.75) is 57.0 Å². The van der Waals surface area contributed by atoms with Crippen molar-refractivity contribution in [3.05, 3.63) is 0 Å². The third-order valence-electron chi connectivity index (χ3n) is 2.39. The topological polar surface area (TPSA) is 63.6 Å². The van der Waals surface area contributed by atoms with Gasteiger partial charge in [0, 0.05) is 0 Å². The largest absolute Gasteiger partial charge is 0.456 e. The zero-order valence-corrected chi connectivity index (χ0v) is 11.1. The van der Waals surface area contributed by atoms with Crippen molar-refractivity contribution in [3.8, 4) is 0 Å². The van der Waals surface area contributed by atoms with E-state index >= 15 is 0 Å². The van der Waals surface area contributed by atoms with Crippen LogP contribution in [0, 0.1) is 0 Å². The molecule has 0 saturated carbocycles. The molecule has 2 atom stereocenters. The van der Waals surface area contributed by atoms with Crippen molar-refractivity contribution < 1.29 is 43.5 Å². The molecular formula is C9H14F6O4S. The second-order valence-electron chi connectivity index (χ2n) is 4.08. The number of rotatable bonds is 8. The minimum Gasteiger partial charge on any atom is -0.264 e. The molecule has 0 heterocycles. The van der Waals surface area contributed by atoms with Gasteiger partial charge >= 0.3 is 22.5 Å². The van der Waals surface area contributed by atoms with E-state index < -0.39 is 41.2 Å². The molecule has 0 aliphatic carbocycles. The molecule has 0 bridgehead atoms. The number of hydrogen-bond donors (Lipinski definition) is 1. The first-order valence-electron chi connectivity index (χ1n) is 5.57. The summed E-state index contributed by atoms with van der Waals surface area (Å²) in [6.07, 6.45) is -12.6. The van der Waals surface area contributed by atoms with Gasteiger partial charge in [-0.1, -0.05) is 26.2 Å². The first-order chi connectivity index (χ1) is 8.83. The molecule has 20 heavy (non-hydrogen) atoms. The Bertz CT molecular complexity index is 394. The molecule has 0 aliphatic heterocycles. The van der Waals surface area contributed by atoms with Crippen molar-refractivity contribution in [3.63, 3.8) is 0 Å². The van der Waals surface area contributed by atoms with Gasteiger partial charge in [-0.3, -0.25) is 4.55 Å². The molecule has 0 radical (unpaired) electrons. The number of halogens is 6. The van der Waals surface area contributed by atoms with Crippen LogP contribution in [0.25, 0.3) is 0 Å². The summed E-state index contributed by atoms with van der Waals surface area (Å²) < 4.78 is 108. The molecule has 0 amide bonds. The lowest BCUT2D eigenvalue weighted by Gasteiger charge is -2.28. The Kier molecular flexibility index (Phi) is 6.75. The van der Waals surface area contributed by atoms with Crippen LogP contribution in [0.2, 0.25) is 0 Å².